The third kappa shape index (κ3) is 2.51. The standard InChI is InChI=1S/C12H10F3NO5/c13-6-2-5(8(14)10(18)9(6)15)11(19)16-3-4(17)1-7(16)12(20)21/h2,4,7,17-18H,1,3H2,(H,20,21). The Morgan fingerprint density at radius 2 is 1.86 bits per heavy atom. The molecule has 1 aliphatic rings. The lowest BCUT2D eigenvalue weighted by Crippen LogP contribution is -2.41. The Bertz CT molecular complexity index is 621. The number of nitrogens with zero attached hydrogens (tertiary/aromatic N) is 1. The van der Waals surface area contributed by atoms with Gasteiger partial charge in [-0.1, -0.05) is 0 Å². The monoisotopic (exact) mass is 305 g/mol. The van der Waals surface area contributed by atoms with Crippen molar-refractivity contribution in [1.29, 1.82) is 0 Å². The number of rotatable bonds is 2. The number of halogens is 3. The van der Waals surface area contributed by atoms with E-state index < -0.39 is 59.3 Å². The van der Waals surface area contributed by atoms with Gasteiger partial charge in [-0.2, -0.15) is 4.39 Å². The van der Waals surface area contributed by atoms with E-state index in [1.54, 1.807) is 0 Å². The van der Waals surface area contributed by atoms with E-state index in [1.807, 2.05) is 0 Å². The Kier molecular flexibility index (Phi) is 3.77. The van der Waals surface area contributed by atoms with Crippen molar-refractivity contribution in [3.05, 3.63) is 29.1 Å². The van der Waals surface area contributed by atoms with Crippen LogP contribution in [0.25, 0.3) is 0 Å². The summed E-state index contributed by atoms with van der Waals surface area (Å²) in [5, 5.41) is 27.4. The van der Waals surface area contributed by atoms with Crippen molar-refractivity contribution in [2.75, 3.05) is 6.54 Å². The summed E-state index contributed by atoms with van der Waals surface area (Å²) < 4.78 is 39.8. The molecule has 1 amide bonds. The Balaban J connectivity index is 2.43. The van der Waals surface area contributed by atoms with Gasteiger partial charge < -0.3 is 20.2 Å². The van der Waals surface area contributed by atoms with Crippen molar-refractivity contribution < 1.29 is 38.1 Å². The molecular weight excluding hydrogens is 295 g/mol. The molecule has 0 aromatic heterocycles. The molecule has 6 nitrogen and oxygen atoms in total. The van der Waals surface area contributed by atoms with Crippen LogP contribution >= 0.6 is 0 Å². The van der Waals surface area contributed by atoms with Gasteiger partial charge in [0.1, 0.15) is 6.04 Å². The number of carbonyl (C=O) groups is 2. The maximum absolute atomic E-state index is 13.7. The lowest BCUT2D eigenvalue weighted by molar-refractivity contribution is -0.141. The van der Waals surface area contributed by atoms with Crippen molar-refractivity contribution in [2.45, 2.75) is 18.6 Å². The molecule has 114 valence electrons. The van der Waals surface area contributed by atoms with Gasteiger partial charge in [-0.15, -0.1) is 0 Å². The van der Waals surface area contributed by atoms with Crippen LogP contribution in [0.15, 0.2) is 6.07 Å². The molecule has 0 aliphatic carbocycles. The van der Waals surface area contributed by atoms with E-state index in [2.05, 4.69) is 0 Å². The second-order valence-electron chi connectivity index (χ2n) is 4.58. The van der Waals surface area contributed by atoms with Crippen LogP contribution in [0, 0.1) is 17.5 Å². The van der Waals surface area contributed by atoms with Crippen molar-refractivity contribution in [1.82, 2.24) is 4.90 Å². The van der Waals surface area contributed by atoms with Crippen LogP contribution in [-0.4, -0.2) is 50.8 Å². The summed E-state index contributed by atoms with van der Waals surface area (Å²) in [6.45, 7) is -0.394. The fourth-order valence-corrected chi connectivity index (χ4v) is 2.17. The second kappa shape index (κ2) is 5.24. The molecule has 1 saturated heterocycles. The Morgan fingerprint density at radius 1 is 1.24 bits per heavy atom. The number of aliphatic hydroxyl groups is 1. The fourth-order valence-electron chi connectivity index (χ4n) is 2.17. The minimum atomic E-state index is -1.85. The highest BCUT2D eigenvalue weighted by Gasteiger charge is 2.40. The molecule has 0 saturated carbocycles. The highest BCUT2D eigenvalue weighted by atomic mass is 19.2. The third-order valence-corrected chi connectivity index (χ3v) is 3.19. The number of phenols is 1. The number of amides is 1. The quantitative estimate of drug-likeness (QED) is 0.690. The minimum absolute atomic E-state index is 0.232. The van der Waals surface area contributed by atoms with Crippen molar-refractivity contribution in [3.63, 3.8) is 0 Å². The molecule has 1 aliphatic heterocycles. The van der Waals surface area contributed by atoms with E-state index in [1.165, 1.54) is 0 Å². The average Bonchev–Trinajstić information content (AvgIpc) is 2.82. The van der Waals surface area contributed by atoms with Gasteiger partial charge >= 0.3 is 5.97 Å². The van der Waals surface area contributed by atoms with Gasteiger partial charge in [-0.25, -0.2) is 13.6 Å². The van der Waals surface area contributed by atoms with Crippen LogP contribution in [-0.2, 0) is 4.79 Å². The van der Waals surface area contributed by atoms with Crippen LogP contribution in [0.1, 0.15) is 16.8 Å². The summed E-state index contributed by atoms with van der Waals surface area (Å²) in [5.41, 5.74) is -1.01. The summed E-state index contributed by atoms with van der Waals surface area (Å²) >= 11 is 0. The zero-order valence-corrected chi connectivity index (χ0v) is 10.4. The molecule has 1 heterocycles. The smallest absolute Gasteiger partial charge is 0.326 e. The number of aliphatic carboxylic acids is 1. The van der Waals surface area contributed by atoms with Crippen LogP contribution in [0.2, 0.25) is 0 Å². The van der Waals surface area contributed by atoms with E-state index in [9.17, 15) is 27.9 Å². The number of benzene rings is 1. The highest BCUT2D eigenvalue weighted by Crippen LogP contribution is 2.28. The number of carboxylic acid groups (broad SMARTS) is 1. The predicted octanol–water partition coefficient (Wildman–Crippen LogP) is 0.470. The molecule has 2 unspecified atom stereocenters. The number of carboxylic acids is 1. The van der Waals surface area contributed by atoms with Gasteiger partial charge in [0.25, 0.3) is 5.91 Å². The first kappa shape index (κ1) is 15.1. The van der Waals surface area contributed by atoms with Gasteiger partial charge in [-0.05, 0) is 6.07 Å². The molecule has 0 bridgehead atoms. The number of aliphatic hydroxyl groups excluding tert-OH is 1. The van der Waals surface area contributed by atoms with E-state index in [-0.39, 0.29) is 12.5 Å². The van der Waals surface area contributed by atoms with Crippen LogP contribution in [0.4, 0.5) is 13.2 Å². The summed E-state index contributed by atoms with van der Waals surface area (Å²) in [5.74, 6) is -9.53. The number of phenolic OH excluding ortho intramolecular Hbond substituents is 1. The van der Waals surface area contributed by atoms with Crippen molar-refractivity contribution >= 4 is 11.9 Å². The van der Waals surface area contributed by atoms with Crippen molar-refractivity contribution in [2.24, 2.45) is 0 Å². The largest absolute Gasteiger partial charge is 0.503 e. The molecular formula is C12H10F3NO5. The maximum Gasteiger partial charge on any atom is 0.326 e. The van der Waals surface area contributed by atoms with E-state index >= 15 is 0 Å². The van der Waals surface area contributed by atoms with Crippen LogP contribution in [0.3, 0.4) is 0 Å². The number of aromatic hydroxyl groups is 1. The first-order valence-electron chi connectivity index (χ1n) is 5.82. The molecule has 3 N–H and O–H groups in total. The van der Waals surface area contributed by atoms with Gasteiger partial charge in [0, 0.05) is 13.0 Å². The molecule has 2 rings (SSSR count). The van der Waals surface area contributed by atoms with Gasteiger partial charge in [0.2, 0.25) is 5.82 Å². The Hall–Kier alpha value is -2.29. The molecule has 2 atom stereocenters. The van der Waals surface area contributed by atoms with Gasteiger partial charge in [0.15, 0.2) is 17.4 Å². The summed E-state index contributed by atoms with van der Waals surface area (Å²) in [7, 11) is 0. The number of likely N-dealkylation sites (tertiary alicyclic amines) is 1. The number of carbonyl (C=O) groups excluding carboxylic acids is 1. The van der Waals surface area contributed by atoms with Crippen molar-refractivity contribution in [3.8, 4) is 5.75 Å². The first-order valence-corrected chi connectivity index (χ1v) is 5.82. The molecule has 9 heteroatoms. The van der Waals surface area contributed by atoms with Crippen LogP contribution < -0.4 is 0 Å². The maximum atomic E-state index is 13.7. The second-order valence-corrected chi connectivity index (χ2v) is 4.58. The number of hydrogen-bond acceptors (Lipinski definition) is 4. The van der Waals surface area contributed by atoms with E-state index in [4.69, 9.17) is 10.2 Å². The highest BCUT2D eigenvalue weighted by molar-refractivity contribution is 5.97. The lowest BCUT2D eigenvalue weighted by atomic mass is 10.1. The van der Waals surface area contributed by atoms with E-state index in [0.717, 1.165) is 0 Å². The minimum Gasteiger partial charge on any atom is -0.503 e. The molecule has 21 heavy (non-hydrogen) atoms. The topological polar surface area (TPSA) is 98.1 Å². The first-order chi connectivity index (χ1) is 9.73. The molecule has 1 aromatic rings. The van der Waals surface area contributed by atoms with Gasteiger partial charge in [-0.3, -0.25) is 4.79 Å². The predicted molar refractivity (Wildman–Crippen MR) is 61.1 cm³/mol. The van der Waals surface area contributed by atoms with Gasteiger partial charge in [0.05, 0.1) is 11.7 Å². The molecule has 0 radical (unpaired) electrons. The Labute approximate surface area is 116 Å². The average molecular weight is 305 g/mol. The zero-order chi connectivity index (χ0) is 15.9. The summed E-state index contributed by atoms with van der Waals surface area (Å²) in [6.07, 6.45) is -1.39. The normalized spacial score (nSPS) is 21.6. The molecule has 1 fully saturated rings. The van der Waals surface area contributed by atoms with E-state index in [0.29, 0.717) is 4.90 Å². The SMILES string of the molecule is O=C(O)C1CC(O)CN1C(=O)c1cc(F)c(F)c(O)c1F. The number of β-amino-alcohol motifs (C(OH)–C–C–N with tert-alkyl or cyclic N) is 1. The summed E-state index contributed by atoms with van der Waals surface area (Å²) in [6, 6.07) is -1.18. The number of hydrogen-bond donors (Lipinski definition) is 3. The Morgan fingerprint density at radius 3 is 2.43 bits per heavy atom. The molecule has 0 spiro atoms. The zero-order valence-electron chi connectivity index (χ0n) is 10.4. The fraction of sp³-hybridized carbons (Fsp3) is 0.333. The summed E-state index contributed by atoms with van der Waals surface area (Å²) in [4.78, 5) is 23.7. The van der Waals surface area contributed by atoms with Crippen LogP contribution in [0.5, 0.6) is 5.75 Å². The third-order valence-electron chi connectivity index (χ3n) is 3.19. The molecule has 1 aromatic carbocycles. The lowest BCUT2D eigenvalue weighted by Gasteiger charge is -2.21.